The Kier molecular flexibility index (Phi) is 5.78. The number of ether oxygens (including phenoxy) is 2. The highest BCUT2D eigenvalue weighted by atomic mass is 16.5. The van der Waals surface area contributed by atoms with Crippen molar-refractivity contribution >= 4 is 5.91 Å². The van der Waals surface area contributed by atoms with Gasteiger partial charge in [0, 0.05) is 19.6 Å². The van der Waals surface area contributed by atoms with Crippen LogP contribution in [0.4, 0.5) is 0 Å². The van der Waals surface area contributed by atoms with E-state index in [9.17, 15) is 4.79 Å². The normalized spacial score (nSPS) is 19.0. The van der Waals surface area contributed by atoms with Crippen molar-refractivity contribution in [3.8, 4) is 11.5 Å². The summed E-state index contributed by atoms with van der Waals surface area (Å²) in [6.45, 7) is 4.20. The standard InChI is InChI=1S/C21H26N2O3/c1-16(26-19-11-9-18(25-3)10-12-19)21(24)23-14-13-22(2)15-20(23)17-7-5-4-6-8-17/h4-12,16,20H,13-15H2,1-3H3/t16-,20-/m1/s1. The Hall–Kier alpha value is -2.53. The number of methoxy groups -OCH3 is 1. The van der Waals surface area contributed by atoms with Crippen molar-refractivity contribution in [1.29, 1.82) is 0 Å². The van der Waals surface area contributed by atoms with Crippen molar-refractivity contribution in [3.63, 3.8) is 0 Å². The lowest BCUT2D eigenvalue weighted by Gasteiger charge is -2.41. The van der Waals surface area contributed by atoms with Crippen LogP contribution in [0.5, 0.6) is 11.5 Å². The molecular weight excluding hydrogens is 328 g/mol. The topological polar surface area (TPSA) is 42.0 Å². The summed E-state index contributed by atoms with van der Waals surface area (Å²) in [5, 5.41) is 0. The van der Waals surface area contributed by atoms with E-state index in [1.807, 2.05) is 54.3 Å². The molecule has 1 amide bonds. The van der Waals surface area contributed by atoms with Gasteiger partial charge in [-0.2, -0.15) is 0 Å². The van der Waals surface area contributed by atoms with E-state index < -0.39 is 6.10 Å². The molecule has 2 atom stereocenters. The third kappa shape index (κ3) is 4.17. The zero-order chi connectivity index (χ0) is 18.5. The van der Waals surface area contributed by atoms with Crippen LogP contribution in [-0.4, -0.2) is 55.6 Å². The molecule has 1 heterocycles. The summed E-state index contributed by atoms with van der Waals surface area (Å²) >= 11 is 0. The molecule has 5 nitrogen and oxygen atoms in total. The molecule has 2 aromatic carbocycles. The van der Waals surface area contributed by atoms with Gasteiger partial charge in [0.1, 0.15) is 11.5 Å². The number of amides is 1. The molecule has 0 unspecified atom stereocenters. The van der Waals surface area contributed by atoms with Crippen LogP contribution in [0.2, 0.25) is 0 Å². The highest BCUT2D eigenvalue weighted by molar-refractivity contribution is 5.81. The molecule has 1 aliphatic rings. The summed E-state index contributed by atoms with van der Waals surface area (Å²) in [6.07, 6.45) is -0.544. The van der Waals surface area contributed by atoms with E-state index in [2.05, 4.69) is 24.1 Å². The van der Waals surface area contributed by atoms with Gasteiger partial charge >= 0.3 is 0 Å². The molecule has 1 aliphatic heterocycles. The van der Waals surface area contributed by atoms with E-state index in [4.69, 9.17) is 9.47 Å². The van der Waals surface area contributed by atoms with E-state index in [0.717, 1.165) is 24.4 Å². The molecule has 26 heavy (non-hydrogen) atoms. The quantitative estimate of drug-likeness (QED) is 0.828. The Bertz CT molecular complexity index is 718. The van der Waals surface area contributed by atoms with Gasteiger partial charge in [0.2, 0.25) is 0 Å². The average Bonchev–Trinajstić information content (AvgIpc) is 2.68. The molecule has 5 heteroatoms. The molecular formula is C21H26N2O3. The molecule has 0 aromatic heterocycles. The maximum absolute atomic E-state index is 13.1. The molecule has 138 valence electrons. The lowest BCUT2D eigenvalue weighted by molar-refractivity contribution is -0.143. The zero-order valence-corrected chi connectivity index (χ0v) is 15.6. The lowest BCUT2D eigenvalue weighted by Crippen LogP contribution is -2.52. The molecule has 0 aliphatic carbocycles. The van der Waals surface area contributed by atoms with Gasteiger partial charge in [-0.15, -0.1) is 0 Å². The van der Waals surface area contributed by atoms with Crippen molar-refractivity contribution in [2.75, 3.05) is 33.8 Å². The SMILES string of the molecule is COc1ccc(O[C@H](C)C(=O)N2CCN(C)C[C@@H]2c2ccccc2)cc1. The van der Waals surface area contributed by atoms with Crippen molar-refractivity contribution in [2.24, 2.45) is 0 Å². The van der Waals surface area contributed by atoms with Crippen LogP contribution >= 0.6 is 0 Å². The summed E-state index contributed by atoms with van der Waals surface area (Å²) in [4.78, 5) is 17.3. The number of likely N-dealkylation sites (N-methyl/N-ethyl adjacent to an activating group) is 1. The number of benzene rings is 2. The van der Waals surface area contributed by atoms with E-state index in [-0.39, 0.29) is 11.9 Å². The van der Waals surface area contributed by atoms with Gasteiger partial charge in [-0.25, -0.2) is 0 Å². The second-order valence-electron chi connectivity index (χ2n) is 6.66. The Morgan fingerprint density at radius 2 is 1.69 bits per heavy atom. The van der Waals surface area contributed by atoms with Gasteiger partial charge in [-0.3, -0.25) is 4.79 Å². The fourth-order valence-electron chi connectivity index (χ4n) is 3.29. The monoisotopic (exact) mass is 354 g/mol. The van der Waals surface area contributed by atoms with Crippen molar-refractivity contribution < 1.29 is 14.3 Å². The van der Waals surface area contributed by atoms with E-state index >= 15 is 0 Å². The predicted octanol–water partition coefficient (Wildman–Crippen LogP) is 2.98. The first-order valence-electron chi connectivity index (χ1n) is 8.93. The zero-order valence-electron chi connectivity index (χ0n) is 15.6. The fraction of sp³-hybridized carbons (Fsp3) is 0.381. The Labute approximate surface area is 155 Å². The number of piperazine rings is 1. The van der Waals surface area contributed by atoms with Crippen LogP contribution in [0.1, 0.15) is 18.5 Å². The second kappa shape index (κ2) is 8.23. The van der Waals surface area contributed by atoms with E-state index in [1.165, 1.54) is 0 Å². The van der Waals surface area contributed by atoms with Crippen LogP contribution < -0.4 is 9.47 Å². The molecule has 3 rings (SSSR count). The van der Waals surface area contributed by atoms with Crippen LogP contribution in [0.25, 0.3) is 0 Å². The van der Waals surface area contributed by atoms with Gasteiger partial charge in [0.05, 0.1) is 13.2 Å². The highest BCUT2D eigenvalue weighted by Crippen LogP contribution is 2.26. The van der Waals surface area contributed by atoms with E-state index in [0.29, 0.717) is 12.3 Å². The molecule has 0 radical (unpaired) electrons. The van der Waals surface area contributed by atoms with Gasteiger partial charge in [-0.05, 0) is 43.8 Å². The maximum Gasteiger partial charge on any atom is 0.263 e. The first kappa shape index (κ1) is 18.3. The predicted molar refractivity (Wildman–Crippen MR) is 101 cm³/mol. The maximum atomic E-state index is 13.1. The molecule has 1 fully saturated rings. The van der Waals surface area contributed by atoms with Crippen LogP contribution in [-0.2, 0) is 4.79 Å². The minimum absolute atomic E-state index is 0.0165. The summed E-state index contributed by atoms with van der Waals surface area (Å²) in [5.41, 5.74) is 1.16. The third-order valence-corrected chi connectivity index (χ3v) is 4.77. The summed E-state index contributed by atoms with van der Waals surface area (Å²) in [6, 6.07) is 17.5. The number of carbonyl (C=O) groups is 1. The number of carbonyl (C=O) groups excluding carboxylic acids is 1. The molecule has 1 saturated heterocycles. The van der Waals surface area contributed by atoms with Gasteiger partial charge in [-0.1, -0.05) is 30.3 Å². The van der Waals surface area contributed by atoms with Crippen LogP contribution in [0.3, 0.4) is 0 Å². The van der Waals surface area contributed by atoms with Gasteiger partial charge < -0.3 is 19.3 Å². The van der Waals surface area contributed by atoms with E-state index in [1.54, 1.807) is 7.11 Å². The molecule has 0 spiro atoms. The fourth-order valence-corrected chi connectivity index (χ4v) is 3.29. The molecule has 0 saturated carbocycles. The van der Waals surface area contributed by atoms with Crippen LogP contribution in [0, 0.1) is 0 Å². The van der Waals surface area contributed by atoms with Crippen LogP contribution in [0.15, 0.2) is 54.6 Å². The minimum atomic E-state index is -0.544. The lowest BCUT2D eigenvalue weighted by atomic mass is 10.0. The Morgan fingerprint density at radius 1 is 1.04 bits per heavy atom. The number of nitrogens with zero attached hydrogens (tertiary/aromatic N) is 2. The largest absolute Gasteiger partial charge is 0.497 e. The van der Waals surface area contributed by atoms with Crippen molar-refractivity contribution in [2.45, 2.75) is 19.1 Å². The summed E-state index contributed by atoms with van der Waals surface area (Å²) < 4.78 is 11.0. The Balaban J connectivity index is 1.73. The highest BCUT2D eigenvalue weighted by Gasteiger charge is 2.33. The summed E-state index contributed by atoms with van der Waals surface area (Å²) in [5.74, 6) is 1.44. The molecule has 0 N–H and O–H groups in total. The third-order valence-electron chi connectivity index (χ3n) is 4.77. The Morgan fingerprint density at radius 3 is 2.35 bits per heavy atom. The number of hydrogen-bond acceptors (Lipinski definition) is 4. The minimum Gasteiger partial charge on any atom is -0.497 e. The number of rotatable bonds is 5. The van der Waals surface area contributed by atoms with Crippen molar-refractivity contribution in [1.82, 2.24) is 9.80 Å². The first-order valence-corrected chi connectivity index (χ1v) is 8.93. The first-order chi connectivity index (χ1) is 12.6. The molecule has 0 bridgehead atoms. The van der Waals surface area contributed by atoms with Gasteiger partial charge in [0.15, 0.2) is 6.10 Å². The summed E-state index contributed by atoms with van der Waals surface area (Å²) in [7, 11) is 3.72. The second-order valence-corrected chi connectivity index (χ2v) is 6.66. The van der Waals surface area contributed by atoms with Crippen molar-refractivity contribution in [3.05, 3.63) is 60.2 Å². The molecule has 2 aromatic rings. The number of hydrogen-bond donors (Lipinski definition) is 0. The smallest absolute Gasteiger partial charge is 0.263 e. The van der Waals surface area contributed by atoms with Gasteiger partial charge in [0.25, 0.3) is 5.91 Å². The average molecular weight is 354 g/mol.